The molecule has 0 heterocycles. The molecule has 0 amide bonds. The van der Waals surface area contributed by atoms with E-state index in [0.717, 1.165) is 6.42 Å². The largest absolute Gasteiger partial charge is 0.324 e. The van der Waals surface area contributed by atoms with Crippen LogP contribution in [-0.4, -0.2) is 0 Å². The molecule has 0 bridgehead atoms. The molecular formula is C12H18BrN. The van der Waals surface area contributed by atoms with Crippen LogP contribution in [0.1, 0.15) is 41.6 Å². The third-order valence-corrected chi connectivity index (χ3v) is 3.97. The molecule has 1 aromatic rings. The lowest BCUT2D eigenvalue weighted by Gasteiger charge is -2.18. The first kappa shape index (κ1) is 11.7. The summed E-state index contributed by atoms with van der Waals surface area (Å²) in [5, 5.41) is 0. The minimum Gasteiger partial charge on any atom is -0.324 e. The summed E-state index contributed by atoms with van der Waals surface area (Å²) >= 11 is 3.61. The summed E-state index contributed by atoms with van der Waals surface area (Å²) in [6, 6.07) is 2.36. The van der Waals surface area contributed by atoms with Gasteiger partial charge in [0, 0.05) is 10.5 Å². The van der Waals surface area contributed by atoms with Gasteiger partial charge in [-0.3, -0.25) is 0 Å². The van der Waals surface area contributed by atoms with Crippen molar-refractivity contribution in [3.05, 3.63) is 32.8 Å². The molecule has 0 spiro atoms. The number of halogens is 1. The third-order valence-electron chi connectivity index (χ3n) is 2.75. The van der Waals surface area contributed by atoms with Crippen LogP contribution in [0.4, 0.5) is 0 Å². The fourth-order valence-electron chi connectivity index (χ4n) is 1.95. The molecule has 0 fully saturated rings. The minimum absolute atomic E-state index is 0.159. The second kappa shape index (κ2) is 4.45. The molecule has 1 atom stereocenters. The molecule has 1 unspecified atom stereocenters. The fourth-order valence-corrected chi connectivity index (χ4v) is 2.28. The molecule has 0 aromatic heterocycles. The van der Waals surface area contributed by atoms with Crippen LogP contribution in [-0.2, 0) is 0 Å². The van der Waals surface area contributed by atoms with Crippen LogP contribution in [0.25, 0.3) is 0 Å². The molecule has 14 heavy (non-hydrogen) atoms. The van der Waals surface area contributed by atoms with Crippen molar-refractivity contribution >= 4 is 15.9 Å². The van der Waals surface area contributed by atoms with Gasteiger partial charge in [0.25, 0.3) is 0 Å². The van der Waals surface area contributed by atoms with Crippen LogP contribution in [0.5, 0.6) is 0 Å². The summed E-state index contributed by atoms with van der Waals surface area (Å²) in [6.07, 6.45) is 0.983. The zero-order chi connectivity index (χ0) is 10.9. The summed E-state index contributed by atoms with van der Waals surface area (Å²) in [5.41, 5.74) is 11.3. The Kier molecular flexibility index (Phi) is 3.73. The predicted octanol–water partition coefficient (Wildman–Crippen LogP) is 3.78. The molecule has 0 aliphatic rings. The van der Waals surface area contributed by atoms with E-state index in [1.807, 2.05) is 0 Å². The highest BCUT2D eigenvalue weighted by atomic mass is 79.9. The van der Waals surface area contributed by atoms with Crippen molar-refractivity contribution in [3.8, 4) is 0 Å². The lowest BCUT2D eigenvalue weighted by atomic mass is 9.93. The Bertz CT molecular complexity index is 345. The molecule has 1 aromatic carbocycles. The highest BCUT2D eigenvalue weighted by Gasteiger charge is 2.13. The van der Waals surface area contributed by atoms with Crippen molar-refractivity contribution in [2.75, 3.05) is 0 Å². The van der Waals surface area contributed by atoms with Crippen molar-refractivity contribution in [2.45, 2.75) is 40.2 Å². The standard InChI is InChI=1S/C12H18BrN/c1-5-10(14)11-7(2)6-8(3)12(13)9(11)4/h6,10H,5,14H2,1-4H3. The number of aryl methyl sites for hydroxylation is 2. The van der Waals surface area contributed by atoms with Crippen molar-refractivity contribution < 1.29 is 0 Å². The Morgan fingerprint density at radius 2 is 1.86 bits per heavy atom. The summed E-state index contributed by atoms with van der Waals surface area (Å²) in [6.45, 7) is 8.51. The van der Waals surface area contributed by atoms with Crippen LogP contribution >= 0.6 is 15.9 Å². The van der Waals surface area contributed by atoms with E-state index in [0.29, 0.717) is 0 Å². The predicted molar refractivity (Wildman–Crippen MR) is 65.6 cm³/mol. The Morgan fingerprint density at radius 3 is 2.36 bits per heavy atom. The van der Waals surface area contributed by atoms with Gasteiger partial charge in [-0.1, -0.05) is 28.9 Å². The summed E-state index contributed by atoms with van der Waals surface area (Å²) in [7, 11) is 0. The number of nitrogens with two attached hydrogens (primary N) is 1. The maximum absolute atomic E-state index is 6.09. The molecule has 2 heteroatoms. The van der Waals surface area contributed by atoms with Gasteiger partial charge in [-0.25, -0.2) is 0 Å². The van der Waals surface area contributed by atoms with Gasteiger partial charge >= 0.3 is 0 Å². The van der Waals surface area contributed by atoms with Crippen LogP contribution in [0, 0.1) is 20.8 Å². The van der Waals surface area contributed by atoms with E-state index in [1.54, 1.807) is 0 Å². The van der Waals surface area contributed by atoms with Gasteiger partial charge in [0.2, 0.25) is 0 Å². The number of hydrogen-bond donors (Lipinski definition) is 1. The van der Waals surface area contributed by atoms with Gasteiger partial charge in [0.15, 0.2) is 0 Å². The summed E-state index contributed by atoms with van der Waals surface area (Å²) in [4.78, 5) is 0. The highest BCUT2D eigenvalue weighted by molar-refractivity contribution is 9.10. The van der Waals surface area contributed by atoms with Gasteiger partial charge in [-0.2, -0.15) is 0 Å². The van der Waals surface area contributed by atoms with E-state index in [1.165, 1.54) is 26.7 Å². The van der Waals surface area contributed by atoms with Crippen LogP contribution in [0.2, 0.25) is 0 Å². The normalized spacial score (nSPS) is 13.0. The smallest absolute Gasteiger partial charge is 0.0297 e. The van der Waals surface area contributed by atoms with Crippen molar-refractivity contribution in [2.24, 2.45) is 5.73 Å². The molecule has 0 radical (unpaired) electrons. The lowest BCUT2D eigenvalue weighted by molar-refractivity contribution is 0.688. The van der Waals surface area contributed by atoms with Gasteiger partial charge in [-0.05, 0) is 49.4 Å². The average molecular weight is 256 g/mol. The fraction of sp³-hybridized carbons (Fsp3) is 0.500. The second-order valence-corrected chi connectivity index (χ2v) is 4.67. The zero-order valence-electron chi connectivity index (χ0n) is 9.32. The first-order chi connectivity index (χ1) is 6.49. The quantitative estimate of drug-likeness (QED) is 0.856. The van der Waals surface area contributed by atoms with Crippen LogP contribution < -0.4 is 5.73 Å². The van der Waals surface area contributed by atoms with E-state index in [2.05, 4.69) is 49.7 Å². The van der Waals surface area contributed by atoms with Crippen molar-refractivity contribution in [1.82, 2.24) is 0 Å². The van der Waals surface area contributed by atoms with Gasteiger partial charge < -0.3 is 5.73 Å². The molecule has 1 nitrogen and oxygen atoms in total. The molecule has 0 aliphatic heterocycles. The Labute approximate surface area is 94.8 Å². The number of benzene rings is 1. The minimum atomic E-state index is 0.159. The first-order valence-electron chi connectivity index (χ1n) is 5.00. The first-order valence-corrected chi connectivity index (χ1v) is 5.80. The Morgan fingerprint density at radius 1 is 1.29 bits per heavy atom. The van der Waals surface area contributed by atoms with E-state index in [9.17, 15) is 0 Å². The van der Waals surface area contributed by atoms with E-state index >= 15 is 0 Å². The zero-order valence-corrected chi connectivity index (χ0v) is 10.9. The molecule has 2 N–H and O–H groups in total. The summed E-state index contributed by atoms with van der Waals surface area (Å²) < 4.78 is 1.20. The van der Waals surface area contributed by atoms with Crippen molar-refractivity contribution in [1.29, 1.82) is 0 Å². The molecule has 0 saturated heterocycles. The van der Waals surface area contributed by atoms with E-state index in [4.69, 9.17) is 5.73 Å². The van der Waals surface area contributed by atoms with Gasteiger partial charge in [0.1, 0.15) is 0 Å². The maximum atomic E-state index is 6.09. The Balaban J connectivity index is 3.36. The van der Waals surface area contributed by atoms with E-state index in [-0.39, 0.29) is 6.04 Å². The molecule has 78 valence electrons. The monoisotopic (exact) mass is 255 g/mol. The maximum Gasteiger partial charge on any atom is 0.0297 e. The van der Waals surface area contributed by atoms with Crippen LogP contribution in [0.3, 0.4) is 0 Å². The Hall–Kier alpha value is -0.340. The second-order valence-electron chi connectivity index (χ2n) is 3.88. The SMILES string of the molecule is CCC(N)c1c(C)cc(C)c(Br)c1C. The third kappa shape index (κ3) is 2.01. The molecule has 0 aliphatic carbocycles. The average Bonchev–Trinajstić information content (AvgIpc) is 2.14. The topological polar surface area (TPSA) is 26.0 Å². The lowest BCUT2D eigenvalue weighted by Crippen LogP contribution is -2.12. The molecule has 1 rings (SSSR count). The van der Waals surface area contributed by atoms with Gasteiger partial charge in [-0.15, -0.1) is 0 Å². The van der Waals surface area contributed by atoms with Crippen molar-refractivity contribution in [3.63, 3.8) is 0 Å². The summed E-state index contributed by atoms with van der Waals surface area (Å²) in [5.74, 6) is 0. The van der Waals surface area contributed by atoms with Gasteiger partial charge in [0.05, 0.1) is 0 Å². The number of hydrogen-bond acceptors (Lipinski definition) is 1. The molecular weight excluding hydrogens is 238 g/mol. The van der Waals surface area contributed by atoms with Crippen LogP contribution in [0.15, 0.2) is 10.5 Å². The van der Waals surface area contributed by atoms with E-state index < -0.39 is 0 Å². The molecule has 0 saturated carbocycles. The highest BCUT2D eigenvalue weighted by Crippen LogP contribution is 2.30. The number of rotatable bonds is 2.